The lowest BCUT2D eigenvalue weighted by atomic mass is 10.3. The van der Waals surface area contributed by atoms with Crippen molar-refractivity contribution in [2.24, 2.45) is 0 Å². The lowest BCUT2D eigenvalue weighted by molar-refractivity contribution is -0.140. The first-order valence-electron chi connectivity index (χ1n) is 5.13. The molecule has 5 nitrogen and oxygen atoms in total. The Morgan fingerprint density at radius 3 is 3.00 bits per heavy atom. The molecule has 2 N–H and O–H groups in total. The van der Waals surface area contributed by atoms with Gasteiger partial charge in [0, 0.05) is 12.3 Å². The molecule has 0 saturated carbocycles. The number of nitrogens with zero attached hydrogens (tertiary/aromatic N) is 1. The summed E-state index contributed by atoms with van der Waals surface area (Å²) < 4.78 is 0. The van der Waals surface area contributed by atoms with Gasteiger partial charge in [0.25, 0.3) is 0 Å². The first kappa shape index (κ1) is 12.9. The number of carboxylic acids is 1. The Labute approximate surface area is 98.9 Å². The predicted molar refractivity (Wildman–Crippen MR) is 63.4 cm³/mol. The molecule has 1 fully saturated rings. The molecule has 16 heavy (non-hydrogen) atoms. The van der Waals surface area contributed by atoms with Gasteiger partial charge in [0.2, 0.25) is 0 Å². The average Bonchev–Trinajstić information content (AvgIpc) is 2.73. The molecule has 1 aliphatic heterocycles. The minimum absolute atomic E-state index is 0.290. The van der Waals surface area contributed by atoms with E-state index in [1.165, 1.54) is 16.7 Å². The van der Waals surface area contributed by atoms with Crippen molar-refractivity contribution in [3.05, 3.63) is 12.2 Å². The first-order chi connectivity index (χ1) is 7.66. The molecule has 1 heterocycles. The van der Waals surface area contributed by atoms with Gasteiger partial charge < -0.3 is 15.3 Å². The van der Waals surface area contributed by atoms with Gasteiger partial charge in [-0.05, 0) is 13.3 Å². The Morgan fingerprint density at radius 1 is 1.62 bits per heavy atom. The van der Waals surface area contributed by atoms with Crippen molar-refractivity contribution in [2.45, 2.75) is 19.4 Å². The predicted octanol–water partition coefficient (Wildman–Crippen LogP) is 1.12. The van der Waals surface area contributed by atoms with Crippen molar-refractivity contribution in [1.29, 1.82) is 0 Å². The smallest absolute Gasteiger partial charge is 0.327 e. The number of nitrogens with one attached hydrogen (secondary N) is 1. The number of hydrogen-bond donors (Lipinski definition) is 2. The Morgan fingerprint density at radius 2 is 2.38 bits per heavy atom. The van der Waals surface area contributed by atoms with Crippen molar-refractivity contribution in [3.8, 4) is 0 Å². The molecule has 0 aliphatic carbocycles. The average molecular weight is 244 g/mol. The van der Waals surface area contributed by atoms with E-state index in [1.54, 1.807) is 0 Å². The summed E-state index contributed by atoms with van der Waals surface area (Å²) in [6, 6.07) is -0.978. The molecule has 1 atom stereocenters. The van der Waals surface area contributed by atoms with Crippen LogP contribution in [0.25, 0.3) is 0 Å². The number of hydrogen-bond acceptors (Lipinski definition) is 3. The van der Waals surface area contributed by atoms with Crippen LogP contribution in [0.4, 0.5) is 4.79 Å². The van der Waals surface area contributed by atoms with Gasteiger partial charge in [-0.15, -0.1) is 11.8 Å². The molecule has 0 unspecified atom stereocenters. The quantitative estimate of drug-likeness (QED) is 0.574. The number of allylic oxidation sites excluding steroid dienone is 1. The van der Waals surface area contributed by atoms with Crippen molar-refractivity contribution in [1.82, 2.24) is 10.2 Å². The van der Waals surface area contributed by atoms with Crippen LogP contribution in [0.2, 0.25) is 0 Å². The Balaban J connectivity index is 2.38. The Kier molecular flexibility index (Phi) is 5.18. The van der Waals surface area contributed by atoms with Crippen LogP contribution in [0, 0.1) is 0 Å². The summed E-state index contributed by atoms with van der Waals surface area (Å²) in [6.45, 7) is 2.45. The highest BCUT2D eigenvalue weighted by molar-refractivity contribution is 7.99. The van der Waals surface area contributed by atoms with Crippen LogP contribution < -0.4 is 5.32 Å². The fraction of sp³-hybridized carbons (Fsp3) is 0.600. The minimum atomic E-state index is -0.936. The minimum Gasteiger partial charge on any atom is -0.480 e. The van der Waals surface area contributed by atoms with Gasteiger partial charge in [0.05, 0.1) is 5.88 Å². The fourth-order valence-electron chi connectivity index (χ4n) is 1.38. The van der Waals surface area contributed by atoms with E-state index in [1.807, 2.05) is 19.1 Å². The van der Waals surface area contributed by atoms with Gasteiger partial charge >= 0.3 is 12.0 Å². The first-order valence-corrected chi connectivity index (χ1v) is 6.28. The second-order valence-electron chi connectivity index (χ2n) is 3.41. The van der Waals surface area contributed by atoms with Gasteiger partial charge in [0.1, 0.15) is 6.04 Å². The van der Waals surface area contributed by atoms with Crippen LogP contribution in [0.5, 0.6) is 0 Å². The van der Waals surface area contributed by atoms with Crippen LogP contribution in [-0.2, 0) is 4.79 Å². The second-order valence-corrected chi connectivity index (χ2v) is 4.41. The molecule has 0 aromatic carbocycles. The van der Waals surface area contributed by atoms with E-state index >= 15 is 0 Å². The van der Waals surface area contributed by atoms with E-state index in [2.05, 4.69) is 5.32 Å². The zero-order valence-electron chi connectivity index (χ0n) is 9.18. The van der Waals surface area contributed by atoms with Crippen molar-refractivity contribution >= 4 is 23.8 Å². The maximum Gasteiger partial charge on any atom is 0.327 e. The molecule has 0 radical (unpaired) electrons. The van der Waals surface area contributed by atoms with Crippen molar-refractivity contribution in [3.63, 3.8) is 0 Å². The summed E-state index contributed by atoms with van der Waals surface area (Å²) in [6.07, 6.45) is 4.63. The summed E-state index contributed by atoms with van der Waals surface area (Å²) in [7, 11) is 0. The Bertz CT molecular complexity index is 294. The number of carboxylic acid groups (broad SMARTS) is 1. The zero-order valence-corrected chi connectivity index (χ0v) is 10.00. The largest absolute Gasteiger partial charge is 0.480 e. The molecular weight excluding hydrogens is 228 g/mol. The van der Waals surface area contributed by atoms with Crippen LogP contribution in [0.3, 0.4) is 0 Å². The van der Waals surface area contributed by atoms with Crippen LogP contribution in [-0.4, -0.2) is 46.2 Å². The third kappa shape index (κ3) is 3.44. The van der Waals surface area contributed by atoms with Gasteiger partial charge in [-0.3, -0.25) is 0 Å². The number of urea groups is 1. The number of thioether (sulfide) groups is 1. The molecule has 2 amide bonds. The lowest BCUT2D eigenvalue weighted by Crippen LogP contribution is -2.47. The second kappa shape index (κ2) is 6.42. The highest BCUT2D eigenvalue weighted by Crippen LogP contribution is 2.20. The lowest BCUT2D eigenvalue weighted by Gasteiger charge is -2.20. The van der Waals surface area contributed by atoms with E-state index in [-0.39, 0.29) is 6.03 Å². The molecule has 0 aromatic heterocycles. The maximum absolute atomic E-state index is 11.6. The normalized spacial score (nSPS) is 20.3. The SMILES string of the molecule is C/C=C/CCNC(=O)N1CSC[C@H]1C(=O)O. The van der Waals surface area contributed by atoms with Crippen LogP contribution >= 0.6 is 11.8 Å². The monoisotopic (exact) mass is 244 g/mol. The highest BCUT2D eigenvalue weighted by atomic mass is 32.2. The van der Waals surface area contributed by atoms with Gasteiger partial charge in [0.15, 0.2) is 0 Å². The van der Waals surface area contributed by atoms with E-state index in [4.69, 9.17) is 5.11 Å². The molecular formula is C10H16N2O3S. The van der Waals surface area contributed by atoms with E-state index in [0.29, 0.717) is 18.2 Å². The van der Waals surface area contributed by atoms with Gasteiger partial charge in [-0.1, -0.05) is 12.2 Å². The molecule has 1 rings (SSSR count). The highest BCUT2D eigenvalue weighted by Gasteiger charge is 2.34. The number of carbonyl (C=O) groups is 2. The molecule has 90 valence electrons. The third-order valence-electron chi connectivity index (χ3n) is 2.25. The van der Waals surface area contributed by atoms with E-state index < -0.39 is 12.0 Å². The summed E-state index contributed by atoms with van der Waals surface area (Å²) in [5.41, 5.74) is 0. The zero-order chi connectivity index (χ0) is 12.0. The number of rotatable bonds is 4. The number of carbonyl (C=O) groups excluding carboxylic acids is 1. The summed E-state index contributed by atoms with van der Waals surface area (Å²) in [5, 5.41) is 11.6. The van der Waals surface area contributed by atoms with Gasteiger partial charge in [-0.2, -0.15) is 0 Å². The van der Waals surface area contributed by atoms with E-state index in [0.717, 1.165) is 6.42 Å². The van der Waals surface area contributed by atoms with Crippen LogP contribution in [0.1, 0.15) is 13.3 Å². The molecule has 1 aliphatic rings. The topological polar surface area (TPSA) is 69.6 Å². The molecule has 6 heteroatoms. The number of amides is 2. The molecule has 0 aromatic rings. The van der Waals surface area contributed by atoms with Crippen molar-refractivity contribution in [2.75, 3.05) is 18.2 Å². The summed E-state index contributed by atoms with van der Waals surface area (Å²) >= 11 is 1.46. The summed E-state index contributed by atoms with van der Waals surface area (Å²) in [4.78, 5) is 23.8. The van der Waals surface area contributed by atoms with Crippen molar-refractivity contribution < 1.29 is 14.7 Å². The molecule has 0 spiro atoms. The third-order valence-corrected chi connectivity index (χ3v) is 3.26. The number of aliphatic carboxylic acids is 1. The maximum atomic E-state index is 11.6. The van der Waals surface area contributed by atoms with Crippen LogP contribution in [0.15, 0.2) is 12.2 Å². The molecule has 1 saturated heterocycles. The molecule has 0 bridgehead atoms. The standard InChI is InChI=1S/C10H16N2O3S/c1-2-3-4-5-11-10(15)12-7-16-6-8(12)9(13)14/h2-3,8H,4-7H2,1H3,(H,11,15)(H,13,14)/b3-2+/t8-/m0/s1. The van der Waals surface area contributed by atoms with E-state index in [9.17, 15) is 9.59 Å². The fourth-order valence-corrected chi connectivity index (χ4v) is 2.52. The Hall–Kier alpha value is -1.17. The summed E-state index contributed by atoms with van der Waals surface area (Å²) in [5.74, 6) is -0.0158. The van der Waals surface area contributed by atoms with Gasteiger partial charge in [-0.25, -0.2) is 9.59 Å².